The highest BCUT2D eigenvalue weighted by Gasteiger charge is 2.44. The van der Waals surface area contributed by atoms with Crippen molar-refractivity contribution in [1.29, 1.82) is 0 Å². The largest absolute Gasteiger partial charge is 0.444 e. The Labute approximate surface area is 305 Å². The molecular weight excluding hydrogens is 675 g/mol. The number of nitrogens with one attached hydrogen (secondary N) is 2. The van der Waals surface area contributed by atoms with Crippen LogP contribution >= 0.6 is 11.3 Å². The van der Waals surface area contributed by atoms with E-state index in [0.29, 0.717) is 32.2 Å². The fourth-order valence-corrected chi connectivity index (χ4v) is 6.94. The number of carbonyl (C=O) groups is 4. The molecule has 1 aromatic carbocycles. The lowest BCUT2D eigenvalue weighted by molar-refractivity contribution is -0.144. The molecule has 51 heavy (non-hydrogen) atoms. The number of ether oxygens (including phenoxy) is 3. The third kappa shape index (κ3) is 12.0. The van der Waals surface area contributed by atoms with E-state index in [9.17, 15) is 24.3 Å². The maximum absolute atomic E-state index is 13.9. The van der Waals surface area contributed by atoms with Gasteiger partial charge in [-0.15, -0.1) is 11.3 Å². The molecule has 4 rings (SSSR count). The number of aromatic nitrogens is 1. The number of carbonyl (C=O) groups excluding carboxylic acids is 4. The highest BCUT2D eigenvalue weighted by atomic mass is 32.1. The number of rotatable bonds is 13. The summed E-state index contributed by atoms with van der Waals surface area (Å²) in [6.45, 7) is 15.3. The minimum Gasteiger partial charge on any atom is -0.444 e. The summed E-state index contributed by atoms with van der Waals surface area (Å²) < 4.78 is 16.8. The van der Waals surface area contributed by atoms with Crippen LogP contribution in [0.15, 0.2) is 29.8 Å². The Bertz CT molecular complexity index is 1480. The second-order valence-corrected chi connectivity index (χ2v) is 16.3. The van der Waals surface area contributed by atoms with Gasteiger partial charge in [0, 0.05) is 39.2 Å². The van der Waals surface area contributed by atoms with Gasteiger partial charge in [-0.1, -0.05) is 45.0 Å². The maximum atomic E-state index is 13.9. The lowest BCUT2D eigenvalue weighted by atomic mass is 9.85. The van der Waals surface area contributed by atoms with Crippen molar-refractivity contribution in [2.45, 2.75) is 98.1 Å². The SMILES string of the molecule is Cc1ncsc1-c1ccc(CNC(=O)[C@@H]2C[C@@H](O)CN2C(=O)C(NC(=O)COCCOCC2CCN(C(=O)OC(C)(C)C)CC2)C(C)(C)C)cc1. The first-order valence-corrected chi connectivity index (χ1v) is 18.6. The predicted molar refractivity (Wildman–Crippen MR) is 194 cm³/mol. The van der Waals surface area contributed by atoms with Gasteiger partial charge in [0.15, 0.2) is 0 Å². The third-order valence-corrected chi connectivity index (χ3v) is 9.91. The van der Waals surface area contributed by atoms with Crippen LogP contribution in [0.1, 0.15) is 72.1 Å². The van der Waals surface area contributed by atoms with Gasteiger partial charge in [0.1, 0.15) is 24.3 Å². The molecule has 2 aliphatic rings. The monoisotopic (exact) mass is 729 g/mol. The van der Waals surface area contributed by atoms with Crippen LogP contribution in [0.25, 0.3) is 10.4 Å². The summed E-state index contributed by atoms with van der Waals surface area (Å²) in [5, 5.41) is 16.2. The summed E-state index contributed by atoms with van der Waals surface area (Å²) in [5.41, 5.74) is 3.54. The maximum Gasteiger partial charge on any atom is 0.410 e. The van der Waals surface area contributed by atoms with Crippen molar-refractivity contribution in [3.8, 4) is 10.4 Å². The Hall–Kier alpha value is -3.59. The van der Waals surface area contributed by atoms with Crippen LogP contribution in [0.2, 0.25) is 0 Å². The number of hydrogen-bond acceptors (Lipinski definition) is 10. The molecule has 0 bridgehead atoms. The summed E-state index contributed by atoms with van der Waals surface area (Å²) in [4.78, 5) is 60.9. The molecule has 4 amide bonds. The van der Waals surface area contributed by atoms with Crippen LogP contribution in [0.5, 0.6) is 0 Å². The quantitative estimate of drug-likeness (QED) is 0.260. The third-order valence-electron chi connectivity index (χ3n) is 8.94. The van der Waals surface area contributed by atoms with E-state index in [0.717, 1.165) is 34.5 Å². The Morgan fingerprint density at radius 2 is 1.69 bits per heavy atom. The molecule has 282 valence electrons. The first kappa shape index (κ1) is 40.2. The molecule has 2 aliphatic heterocycles. The Kier molecular flexibility index (Phi) is 14.0. The van der Waals surface area contributed by atoms with Crippen LogP contribution in [-0.2, 0) is 35.1 Å². The van der Waals surface area contributed by atoms with Gasteiger partial charge in [-0.2, -0.15) is 0 Å². The number of aryl methyl sites for hydroxylation is 1. The van der Waals surface area contributed by atoms with E-state index >= 15 is 0 Å². The Balaban J connectivity index is 1.19. The number of aliphatic hydroxyl groups is 1. The summed E-state index contributed by atoms with van der Waals surface area (Å²) in [7, 11) is 0. The average molecular weight is 730 g/mol. The van der Waals surface area contributed by atoms with E-state index < -0.39 is 41.0 Å². The highest BCUT2D eigenvalue weighted by Crippen LogP contribution is 2.28. The molecule has 0 saturated carbocycles. The summed E-state index contributed by atoms with van der Waals surface area (Å²) >= 11 is 1.57. The van der Waals surface area contributed by atoms with Gasteiger partial charge in [-0.25, -0.2) is 9.78 Å². The molecule has 14 heteroatoms. The van der Waals surface area contributed by atoms with Gasteiger partial charge in [-0.3, -0.25) is 14.4 Å². The number of nitrogens with zero attached hydrogens (tertiary/aromatic N) is 3. The number of thiazole rings is 1. The molecule has 1 aromatic heterocycles. The highest BCUT2D eigenvalue weighted by molar-refractivity contribution is 7.13. The number of β-amino-alcohol motifs (C(OH)–C–C–N with tert-alkyl or cyclic N) is 1. The van der Waals surface area contributed by atoms with Crippen LogP contribution in [-0.4, -0.2) is 114 Å². The van der Waals surface area contributed by atoms with Crippen molar-refractivity contribution in [2.24, 2.45) is 11.3 Å². The fraction of sp³-hybridized carbons (Fsp3) is 0.649. The van der Waals surface area contributed by atoms with Gasteiger partial charge in [0.2, 0.25) is 17.7 Å². The molecule has 0 spiro atoms. The topological polar surface area (TPSA) is 160 Å². The van der Waals surface area contributed by atoms with Crippen LogP contribution in [0.3, 0.4) is 0 Å². The molecule has 1 unspecified atom stereocenters. The first-order chi connectivity index (χ1) is 24.0. The zero-order valence-electron chi connectivity index (χ0n) is 31.0. The Morgan fingerprint density at radius 1 is 1.02 bits per heavy atom. The summed E-state index contributed by atoms with van der Waals surface area (Å²) in [5.74, 6) is -0.933. The normalized spacial score (nSPS) is 19.1. The second kappa shape index (κ2) is 17.8. The number of hydrogen-bond donors (Lipinski definition) is 3. The molecule has 3 N–H and O–H groups in total. The molecule has 13 nitrogen and oxygen atoms in total. The van der Waals surface area contributed by atoms with E-state index in [4.69, 9.17) is 14.2 Å². The van der Waals surface area contributed by atoms with Crippen molar-refractivity contribution in [1.82, 2.24) is 25.4 Å². The summed E-state index contributed by atoms with van der Waals surface area (Å²) in [6.07, 6.45) is 0.609. The van der Waals surface area contributed by atoms with Gasteiger partial charge >= 0.3 is 6.09 Å². The number of likely N-dealkylation sites (tertiary alicyclic amines) is 2. The molecule has 2 saturated heterocycles. The van der Waals surface area contributed by atoms with E-state index in [1.807, 2.05) is 78.2 Å². The van der Waals surface area contributed by atoms with Crippen molar-refractivity contribution in [3.63, 3.8) is 0 Å². The van der Waals surface area contributed by atoms with Crippen LogP contribution in [0, 0.1) is 18.3 Å². The smallest absolute Gasteiger partial charge is 0.410 e. The zero-order chi connectivity index (χ0) is 37.3. The predicted octanol–water partition coefficient (Wildman–Crippen LogP) is 3.91. The van der Waals surface area contributed by atoms with Crippen molar-refractivity contribution in [3.05, 3.63) is 41.0 Å². The van der Waals surface area contributed by atoms with E-state index in [-0.39, 0.29) is 44.7 Å². The number of piperidine rings is 1. The lowest BCUT2D eigenvalue weighted by Crippen LogP contribution is -2.58. The van der Waals surface area contributed by atoms with E-state index in [1.54, 1.807) is 16.2 Å². The van der Waals surface area contributed by atoms with Gasteiger partial charge < -0.3 is 39.8 Å². The molecular formula is C37H55N5O8S. The van der Waals surface area contributed by atoms with Crippen molar-refractivity contribution < 1.29 is 38.5 Å². The molecule has 0 radical (unpaired) electrons. The van der Waals surface area contributed by atoms with Gasteiger partial charge in [-0.05, 0) is 63.0 Å². The van der Waals surface area contributed by atoms with E-state index in [2.05, 4.69) is 15.6 Å². The second-order valence-electron chi connectivity index (χ2n) is 15.5. The van der Waals surface area contributed by atoms with Gasteiger partial charge in [0.25, 0.3) is 0 Å². The van der Waals surface area contributed by atoms with Crippen molar-refractivity contribution in [2.75, 3.05) is 46.1 Å². The van der Waals surface area contributed by atoms with Crippen LogP contribution in [0.4, 0.5) is 4.79 Å². The molecule has 2 aromatic rings. The average Bonchev–Trinajstić information content (AvgIpc) is 3.68. The van der Waals surface area contributed by atoms with E-state index in [1.165, 1.54) is 4.90 Å². The first-order valence-electron chi connectivity index (χ1n) is 17.7. The minimum absolute atomic E-state index is 0.00383. The molecule has 0 aliphatic carbocycles. The number of aliphatic hydroxyl groups excluding tert-OH is 1. The molecule has 2 fully saturated rings. The number of benzene rings is 1. The van der Waals surface area contributed by atoms with Crippen molar-refractivity contribution >= 4 is 35.2 Å². The standard InChI is InChI=1S/C37H55N5O8S/c1-24-31(51-23-39-24)27-10-8-25(9-11-27)19-38-33(45)29-18-28(43)20-42(29)34(46)32(36(2,3)4)40-30(44)22-49-17-16-48-21-26-12-14-41(15-13-26)35(47)50-37(5,6)7/h8-11,23,26,28-29,32,43H,12-22H2,1-7H3,(H,38,45)(H,40,44)/t28-,29+,32?/m1/s1. The molecule has 3 atom stereocenters. The minimum atomic E-state index is -0.945. The Morgan fingerprint density at radius 3 is 2.29 bits per heavy atom. The number of amides is 4. The summed E-state index contributed by atoms with van der Waals surface area (Å²) in [6, 6.07) is 6.06. The fourth-order valence-electron chi connectivity index (χ4n) is 6.12. The van der Waals surface area contributed by atoms with Crippen LogP contribution < -0.4 is 10.6 Å². The zero-order valence-corrected chi connectivity index (χ0v) is 31.8. The lowest BCUT2D eigenvalue weighted by Gasteiger charge is -2.35. The molecule has 3 heterocycles. The van der Waals surface area contributed by atoms with Gasteiger partial charge in [0.05, 0.1) is 35.4 Å².